The first-order valence-electron chi connectivity index (χ1n) is 5.40. The number of nitrogens with zero attached hydrogens (tertiary/aromatic N) is 1. The van der Waals surface area contributed by atoms with Gasteiger partial charge in [-0.15, -0.1) is 0 Å². The Morgan fingerprint density at radius 2 is 1.89 bits per heavy atom. The second-order valence-electron chi connectivity index (χ2n) is 3.74. The minimum Gasteiger partial charge on any atom is -0.457 e. The van der Waals surface area contributed by atoms with Crippen molar-refractivity contribution in [3.63, 3.8) is 0 Å². The van der Waals surface area contributed by atoms with Crippen LogP contribution in [0.3, 0.4) is 0 Å². The summed E-state index contributed by atoms with van der Waals surface area (Å²) in [5.41, 5.74) is -0.528. The molecule has 1 aromatic carbocycles. The largest absolute Gasteiger partial charge is 0.457 e. The van der Waals surface area contributed by atoms with E-state index in [0.717, 1.165) is 6.07 Å². The molecule has 100 valence electrons. The molecule has 0 fully saturated rings. The molecular formula is C13H10F3NO2. The monoisotopic (exact) mass is 269 g/mol. The molecule has 0 spiro atoms. The van der Waals surface area contributed by atoms with Crippen molar-refractivity contribution in [1.29, 1.82) is 0 Å². The van der Waals surface area contributed by atoms with Gasteiger partial charge in [-0.05, 0) is 18.2 Å². The van der Waals surface area contributed by atoms with Gasteiger partial charge in [0.25, 0.3) is 0 Å². The third kappa shape index (κ3) is 3.23. The molecule has 0 radical (unpaired) electrons. The van der Waals surface area contributed by atoms with E-state index in [1.54, 1.807) is 0 Å². The minimum absolute atomic E-state index is 0.191. The first kappa shape index (κ1) is 13.4. The average Bonchev–Trinajstić information content (AvgIpc) is 2.38. The molecule has 2 aromatic rings. The van der Waals surface area contributed by atoms with Crippen LogP contribution in [0.25, 0.3) is 0 Å². The van der Waals surface area contributed by atoms with Gasteiger partial charge in [-0.3, -0.25) is 4.98 Å². The highest BCUT2D eigenvalue weighted by atomic mass is 19.4. The quantitative estimate of drug-likeness (QED) is 0.928. The molecule has 0 atom stereocenters. The van der Waals surface area contributed by atoms with Crippen LogP contribution in [-0.2, 0) is 12.8 Å². The fraction of sp³-hybridized carbons (Fsp3) is 0.154. The van der Waals surface area contributed by atoms with Crippen LogP contribution in [0, 0.1) is 0 Å². The molecule has 6 heteroatoms. The molecule has 1 heterocycles. The Bertz CT molecular complexity index is 570. The molecule has 1 aromatic heterocycles. The van der Waals surface area contributed by atoms with E-state index in [4.69, 9.17) is 9.84 Å². The van der Waals surface area contributed by atoms with Gasteiger partial charge in [0.15, 0.2) is 0 Å². The van der Waals surface area contributed by atoms with Crippen LogP contribution in [0.4, 0.5) is 13.2 Å². The second kappa shape index (κ2) is 5.27. The van der Waals surface area contributed by atoms with E-state index >= 15 is 0 Å². The van der Waals surface area contributed by atoms with Crippen LogP contribution in [0.2, 0.25) is 0 Å². The molecule has 0 amide bonds. The van der Waals surface area contributed by atoms with Gasteiger partial charge in [0.1, 0.15) is 11.5 Å². The number of aliphatic hydroxyl groups is 1. The van der Waals surface area contributed by atoms with Crippen LogP contribution >= 0.6 is 0 Å². The molecule has 0 saturated carbocycles. The molecule has 2 rings (SSSR count). The number of aliphatic hydroxyl groups excluding tert-OH is 1. The number of hydrogen-bond acceptors (Lipinski definition) is 3. The lowest BCUT2D eigenvalue weighted by molar-refractivity contribution is -0.138. The van der Waals surface area contributed by atoms with Crippen molar-refractivity contribution >= 4 is 0 Å². The lowest BCUT2D eigenvalue weighted by atomic mass is 10.2. The Hall–Kier alpha value is -2.08. The van der Waals surface area contributed by atoms with Crippen LogP contribution in [0.1, 0.15) is 11.3 Å². The second-order valence-corrected chi connectivity index (χ2v) is 3.74. The Kier molecular flexibility index (Phi) is 3.71. The zero-order valence-electron chi connectivity index (χ0n) is 9.69. The van der Waals surface area contributed by atoms with E-state index in [0.29, 0.717) is 5.69 Å². The van der Waals surface area contributed by atoms with Crippen molar-refractivity contribution in [2.24, 2.45) is 0 Å². The van der Waals surface area contributed by atoms with Crippen LogP contribution in [0.15, 0.2) is 42.6 Å². The smallest absolute Gasteiger partial charge is 0.419 e. The SMILES string of the molecule is OCc1cc(Oc2ccccc2C(F)(F)F)ccn1. The molecule has 0 unspecified atom stereocenters. The molecule has 0 aliphatic carbocycles. The number of ether oxygens (including phenoxy) is 1. The highest BCUT2D eigenvalue weighted by molar-refractivity contribution is 5.39. The number of hydrogen-bond donors (Lipinski definition) is 1. The fourth-order valence-corrected chi connectivity index (χ4v) is 1.52. The van der Waals surface area contributed by atoms with E-state index in [-0.39, 0.29) is 18.1 Å². The lowest BCUT2D eigenvalue weighted by Gasteiger charge is -2.13. The van der Waals surface area contributed by atoms with Gasteiger partial charge in [0.05, 0.1) is 17.9 Å². The molecule has 19 heavy (non-hydrogen) atoms. The van der Waals surface area contributed by atoms with Gasteiger partial charge in [-0.1, -0.05) is 12.1 Å². The van der Waals surface area contributed by atoms with E-state index in [1.807, 2.05) is 0 Å². The summed E-state index contributed by atoms with van der Waals surface area (Å²) in [5.74, 6) is -0.0964. The number of benzene rings is 1. The number of para-hydroxylation sites is 1. The molecule has 0 aliphatic heterocycles. The lowest BCUT2D eigenvalue weighted by Crippen LogP contribution is -2.06. The summed E-state index contributed by atoms with van der Waals surface area (Å²) < 4.78 is 43.5. The third-order valence-corrected chi connectivity index (χ3v) is 2.37. The molecule has 0 saturated heterocycles. The Morgan fingerprint density at radius 1 is 1.16 bits per heavy atom. The van der Waals surface area contributed by atoms with Crippen LogP contribution in [-0.4, -0.2) is 10.1 Å². The first-order valence-corrected chi connectivity index (χ1v) is 5.40. The molecule has 0 aliphatic rings. The van der Waals surface area contributed by atoms with Crippen molar-refractivity contribution in [1.82, 2.24) is 4.98 Å². The van der Waals surface area contributed by atoms with Gasteiger partial charge in [-0.2, -0.15) is 13.2 Å². The van der Waals surface area contributed by atoms with Gasteiger partial charge in [-0.25, -0.2) is 0 Å². The predicted molar refractivity (Wildman–Crippen MR) is 61.7 cm³/mol. The normalized spacial score (nSPS) is 11.4. The van der Waals surface area contributed by atoms with Crippen molar-refractivity contribution in [2.45, 2.75) is 12.8 Å². The maximum absolute atomic E-state index is 12.8. The summed E-state index contributed by atoms with van der Waals surface area (Å²) >= 11 is 0. The number of alkyl halides is 3. The topological polar surface area (TPSA) is 42.4 Å². The predicted octanol–water partition coefficient (Wildman–Crippen LogP) is 3.39. The standard InChI is InChI=1S/C13H10F3NO2/c14-13(15,16)11-3-1-2-4-12(11)19-10-5-6-17-9(7-10)8-18/h1-7,18H,8H2. The van der Waals surface area contributed by atoms with Crippen molar-refractivity contribution < 1.29 is 23.0 Å². The van der Waals surface area contributed by atoms with E-state index in [9.17, 15) is 13.2 Å². The van der Waals surface area contributed by atoms with Crippen LogP contribution < -0.4 is 4.74 Å². The molecular weight excluding hydrogens is 259 g/mol. The van der Waals surface area contributed by atoms with Crippen molar-refractivity contribution in [3.05, 3.63) is 53.9 Å². The molecule has 3 nitrogen and oxygen atoms in total. The summed E-state index contributed by atoms with van der Waals surface area (Å²) in [4.78, 5) is 3.82. The number of pyridine rings is 1. The maximum atomic E-state index is 12.8. The van der Waals surface area contributed by atoms with Gasteiger partial charge >= 0.3 is 6.18 Å². The van der Waals surface area contributed by atoms with E-state index in [2.05, 4.69) is 4.98 Å². The Balaban J connectivity index is 2.33. The summed E-state index contributed by atoms with van der Waals surface area (Å²) in [6.07, 6.45) is -3.12. The summed E-state index contributed by atoms with van der Waals surface area (Å²) in [7, 11) is 0. The zero-order valence-corrected chi connectivity index (χ0v) is 9.69. The minimum atomic E-state index is -4.48. The summed E-state index contributed by atoms with van der Waals surface area (Å²) in [6, 6.07) is 7.74. The van der Waals surface area contributed by atoms with Crippen LogP contribution in [0.5, 0.6) is 11.5 Å². The Labute approximate surface area is 107 Å². The zero-order chi connectivity index (χ0) is 13.9. The summed E-state index contributed by atoms with van der Waals surface area (Å²) in [6.45, 7) is -0.307. The first-order chi connectivity index (χ1) is 9.00. The maximum Gasteiger partial charge on any atom is 0.419 e. The molecule has 1 N–H and O–H groups in total. The van der Waals surface area contributed by atoms with E-state index in [1.165, 1.54) is 36.5 Å². The number of rotatable bonds is 3. The number of aromatic nitrogens is 1. The van der Waals surface area contributed by atoms with Gasteiger partial charge in [0.2, 0.25) is 0 Å². The highest BCUT2D eigenvalue weighted by Gasteiger charge is 2.34. The average molecular weight is 269 g/mol. The Morgan fingerprint density at radius 3 is 2.58 bits per heavy atom. The number of halogens is 3. The van der Waals surface area contributed by atoms with Crippen molar-refractivity contribution in [3.8, 4) is 11.5 Å². The summed E-state index contributed by atoms with van der Waals surface area (Å²) in [5, 5.41) is 8.91. The van der Waals surface area contributed by atoms with Gasteiger partial charge < -0.3 is 9.84 Å². The van der Waals surface area contributed by atoms with Crippen molar-refractivity contribution in [2.75, 3.05) is 0 Å². The highest BCUT2D eigenvalue weighted by Crippen LogP contribution is 2.37. The molecule has 0 bridgehead atoms. The van der Waals surface area contributed by atoms with Gasteiger partial charge in [0, 0.05) is 12.3 Å². The van der Waals surface area contributed by atoms with E-state index < -0.39 is 11.7 Å². The third-order valence-electron chi connectivity index (χ3n) is 2.37. The fourth-order valence-electron chi connectivity index (χ4n) is 1.52.